The highest BCUT2D eigenvalue weighted by atomic mass is 79.9. The summed E-state index contributed by atoms with van der Waals surface area (Å²) in [6.07, 6.45) is 1.68. The van der Waals surface area contributed by atoms with Gasteiger partial charge in [-0.1, -0.05) is 17.4 Å². The number of carbonyl (C=O) groups is 1. The summed E-state index contributed by atoms with van der Waals surface area (Å²) in [5.41, 5.74) is 1.16. The lowest BCUT2D eigenvalue weighted by atomic mass is 9.95. The van der Waals surface area contributed by atoms with Gasteiger partial charge in [-0.2, -0.15) is 0 Å². The third-order valence-corrected chi connectivity index (χ3v) is 7.24. The Hall–Kier alpha value is -3.31. The van der Waals surface area contributed by atoms with Crippen LogP contribution in [0.4, 0.5) is 5.88 Å². The Morgan fingerprint density at radius 3 is 2.62 bits per heavy atom. The molecule has 2 aromatic heterocycles. The second-order valence-electron chi connectivity index (χ2n) is 8.34. The Labute approximate surface area is 226 Å². The first-order chi connectivity index (χ1) is 17.7. The number of hydrogen-bond acceptors (Lipinski definition) is 9. The Bertz CT molecular complexity index is 1550. The molecule has 3 aromatic rings. The predicted molar refractivity (Wildman–Crippen MR) is 145 cm³/mol. The third kappa shape index (κ3) is 5.10. The lowest BCUT2D eigenvalue weighted by Gasteiger charge is -2.25. The van der Waals surface area contributed by atoms with Crippen molar-refractivity contribution in [1.82, 2.24) is 4.57 Å². The molecule has 0 saturated heterocycles. The summed E-state index contributed by atoms with van der Waals surface area (Å²) < 4.78 is 25.2. The van der Waals surface area contributed by atoms with Crippen molar-refractivity contribution in [3.8, 4) is 11.5 Å². The molecule has 0 saturated carbocycles. The Morgan fingerprint density at radius 1 is 1.24 bits per heavy atom. The van der Waals surface area contributed by atoms with E-state index in [1.807, 2.05) is 32.0 Å². The molecule has 3 heterocycles. The number of rotatable bonds is 8. The number of allylic oxidation sites excluding steroid dienone is 1. The number of nitrogens with zero attached hydrogens (tertiary/aromatic N) is 3. The van der Waals surface area contributed by atoms with Crippen molar-refractivity contribution >= 4 is 45.2 Å². The first kappa shape index (κ1) is 26.7. The molecule has 0 unspecified atom stereocenters. The van der Waals surface area contributed by atoms with E-state index in [0.29, 0.717) is 55.9 Å². The number of furan rings is 1. The van der Waals surface area contributed by atoms with E-state index in [-0.39, 0.29) is 12.2 Å². The van der Waals surface area contributed by atoms with Crippen LogP contribution in [0.1, 0.15) is 38.1 Å². The van der Waals surface area contributed by atoms with Gasteiger partial charge in [0.15, 0.2) is 16.3 Å². The molecule has 1 atom stereocenters. The minimum absolute atomic E-state index is 0.196. The summed E-state index contributed by atoms with van der Waals surface area (Å²) in [6.45, 7) is 5.98. The van der Waals surface area contributed by atoms with Gasteiger partial charge in [0.25, 0.3) is 5.56 Å². The number of halogens is 1. The Balaban J connectivity index is 1.95. The summed E-state index contributed by atoms with van der Waals surface area (Å²) in [5, 5.41) is 0. The maximum atomic E-state index is 13.8. The lowest BCUT2D eigenvalue weighted by Crippen LogP contribution is -2.39. The fourth-order valence-corrected chi connectivity index (χ4v) is 5.81. The second kappa shape index (κ2) is 11.0. The van der Waals surface area contributed by atoms with E-state index < -0.39 is 12.0 Å². The van der Waals surface area contributed by atoms with Crippen molar-refractivity contribution < 1.29 is 23.4 Å². The first-order valence-electron chi connectivity index (χ1n) is 11.7. The van der Waals surface area contributed by atoms with Gasteiger partial charge in [0.05, 0.1) is 46.6 Å². The summed E-state index contributed by atoms with van der Waals surface area (Å²) in [4.78, 5) is 33.8. The number of benzene rings is 1. The van der Waals surface area contributed by atoms with Crippen LogP contribution in [-0.2, 0) is 9.53 Å². The molecule has 11 heteroatoms. The van der Waals surface area contributed by atoms with Crippen LogP contribution in [0.15, 0.2) is 54.2 Å². The summed E-state index contributed by atoms with van der Waals surface area (Å²) >= 11 is 4.72. The number of esters is 1. The average Bonchev–Trinajstić information content (AvgIpc) is 3.37. The van der Waals surface area contributed by atoms with Gasteiger partial charge in [0.2, 0.25) is 5.88 Å². The molecular formula is C26H28BrN3O6S. The van der Waals surface area contributed by atoms with Crippen molar-refractivity contribution in [3.05, 3.63) is 71.0 Å². The van der Waals surface area contributed by atoms with Gasteiger partial charge < -0.3 is 23.5 Å². The number of thiazole rings is 1. The van der Waals surface area contributed by atoms with Gasteiger partial charge in [-0.3, -0.25) is 9.36 Å². The molecular weight excluding hydrogens is 562 g/mol. The average molecular weight is 590 g/mol. The van der Waals surface area contributed by atoms with E-state index >= 15 is 0 Å². The Kier molecular flexibility index (Phi) is 7.93. The van der Waals surface area contributed by atoms with E-state index in [4.69, 9.17) is 18.6 Å². The quantitative estimate of drug-likeness (QED) is 0.370. The molecule has 0 radical (unpaired) electrons. The van der Waals surface area contributed by atoms with Crippen molar-refractivity contribution in [2.75, 3.05) is 39.3 Å². The number of methoxy groups -OCH3 is 1. The van der Waals surface area contributed by atoms with Crippen LogP contribution in [0.5, 0.6) is 11.5 Å². The predicted octanol–water partition coefficient (Wildman–Crippen LogP) is 3.63. The molecule has 196 valence electrons. The number of carbonyl (C=O) groups excluding carboxylic acids is 1. The third-order valence-electron chi connectivity index (χ3n) is 5.69. The van der Waals surface area contributed by atoms with Crippen LogP contribution in [0.25, 0.3) is 6.08 Å². The topological polar surface area (TPSA) is 95.5 Å². The smallest absolute Gasteiger partial charge is 0.338 e. The summed E-state index contributed by atoms with van der Waals surface area (Å²) in [7, 11) is 5.29. The van der Waals surface area contributed by atoms with E-state index in [9.17, 15) is 9.59 Å². The van der Waals surface area contributed by atoms with E-state index in [2.05, 4.69) is 20.9 Å². The SMILES string of the molecule is CCOC(=O)C1=C(C)N=c2s/c(=C/c3cc(Br)c(N(C)C)o3)c(=O)n2[C@H]1c1ccc(OC)c(OCC)c1. The molecule has 9 nitrogen and oxygen atoms in total. The van der Waals surface area contributed by atoms with Gasteiger partial charge in [0, 0.05) is 26.2 Å². The number of hydrogen-bond donors (Lipinski definition) is 0. The normalized spacial score (nSPS) is 15.3. The second-order valence-corrected chi connectivity index (χ2v) is 10.2. The highest BCUT2D eigenvalue weighted by Gasteiger charge is 2.34. The van der Waals surface area contributed by atoms with Gasteiger partial charge in [-0.15, -0.1) is 0 Å². The Morgan fingerprint density at radius 2 is 2.00 bits per heavy atom. The molecule has 0 spiro atoms. The van der Waals surface area contributed by atoms with Crippen LogP contribution in [0.3, 0.4) is 0 Å². The molecule has 0 N–H and O–H groups in total. The van der Waals surface area contributed by atoms with Gasteiger partial charge in [0.1, 0.15) is 5.76 Å². The number of anilines is 1. The molecule has 1 aliphatic rings. The number of aromatic nitrogens is 1. The van der Waals surface area contributed by atoms with Gasteiger partial charge in [-0.05, 0) is 54.4 Å². The minimum atomic E-state index is -0.761. The fraction of sp³-hybridized carbons (Fsp3) is 0.346. The van der Waals surface area contributed by atoms with E-state index in [1.54, 1.807) is 45.2 Å². The van der Waals surface area contributed by atoms with Crippen LogP contribution >= 0.6 is 27.3 Å². The van der Waals surface area contributed by atoms with E-state index in [1.165, 1.54) is 15.9 Å². The zero-order chi connectivity index (χ0) is 26.9. The van der Waals surface area contributed by atoms with Crippen LogP contribution in [0, 0.1) is 0 Å². The standard InChI is InChI=1S/C26H28BrN3O6S/c1-7-34-19-11-15(9-10-18(19)33-6)22-21(25(32)35-8-2)14(3)28-26-30(22)23(31)20(37-26)13-16-12-17(27)24(36-16)29(4)5/h9-13,22H,7-8H2,1-6H3/b20-13+/t22-/m0/s1. The molecule has 0 bridgehead atoms. The molecule has 0 aliphatic carbocycles. The van der Waals surface area contributed by atoms with Gasteiger partial charge in [-0.25, -0.2) is 9.79 Å². The van der Waals surface area contributed by atoms with Crippen LogP contribution in [-0.4, -0.2) is 45.0 Å². The zero-order valence-electron chi connectivity index (χ0n) is 21.5. The van der Waals surface area contributed by atoms with Gasteiger partial charge >= 0.3 is 5.97 Å². The highest BCUT2D eigenvalue weighted by molar-refractivity contribution is 9.10. The maximum absolute atomic E-state index is 13.8. The highest BCUT2D eigenvalue weighted by Crippen LogP contribution is 2.36. The van der Waals surface area contributed by atoms with E-state index in [0.717, 1.165) is 4.47 Å². The fourth-order valence-electron chi connectivity index (χ4n) is 4.12. The summed E-state index contributed by atoms with van der Waals surface area (Å²) in [6, 6.07) is 6.40. The largest absolute Gasteiger partial charge is 0.493 e. The molecule has 0 fully saturated rings. The van der Waals surface area contributed by atoms with Crippen LogP contribution in [0.2, 0.25) is 0 Å². The van der Waals surface area contributed by atoms with Crippen molar-refractivity contribution in [2.45, 2.75) is 26.8 Å². The maximum Gasteiger partial charge on any atom is 0.338 e. The molecule has 4 rings (SSSR count). The molecule has 1 aromatic carbocycles. The minimum Gasteiger partial charge on any atom is -0.493 e. The monoisotopic (exact) mass is 589 g/mol. The zero-order valence-corrected chi connectivity index (χ0v) is 23.9. The molecule has 37 heavy (non-hydrogen) atoms. The van der Waals surface area contributed by atoms with Crippen LogP contribution < -0.4 is 29.3 Å². The van der Waals surface area contributed by atoms with Crippen molar-refractivity contribution in [1.29, 1.82) is 0 Å². The lowest BCUT2D eigenvalue weighted by molar-refractivity contribution is -0.139. The van der Waals surface area contributed by atoms with Crippen molar-refractivity contribution in [3.63, 3.8) is 0 Å². The number of fused-ring (bicyclic) bond motifs is 1. The van der Waals surface area contributed by atoms with Crippen molar-refractivity contribution in [2.24, 2.45) is 4.99 Å². The first-order valence-corrected chi connectivity index (χ1v) is 13.3. The molecule has 1 aliphatic heterocycles. The summed E-state index contributed by atoms with van der Waals surface area (Å²) in [5.74, 6) is 1.69. The number of ether oxygens (including phenoxy) is 3. The molecule has 0 amide bonds.